The van der Waals surface area contributed by atoms with Crippen LogP contribution in [0.2, 0.25) is 0 Å². The number of benzene rings is 1. The first-order valence-corrected chi connectivity index (χ1v) is 14.2. The van der Waals surface area contributed by atoms with Crippen molar-refractivity contribution >= 4 is 29.4 Å². The molecule has 0 N–H and O–H groups in total. The van der Waals surface area contributed by atoms with Gasteiger partial charge in [-0.1, -0.05) is 18.2 Å². The normalized spacial score (nSPS) is 12.2. The number of imide groups is 1. The highest BCUT2D eigenvalue weighted by Crippen LogP contribution is 2.28. The molecule has 0 atom stereocenters. The number of carbonyl (C=O) groups excluding carboxylic acids is 3. The number of amides is 2. The third-order valence-electron chi connectivity index (χ3n) is 6.17. The fourth-order valence-corrected chi connectivity index (χ4v) is 4.29. The number of carbonyl (C=O) groups is 3. The monoisotopic (exact) mass is 643 g/mol. The molecule has 0 spiro atoms. The van der Waals surface area contributed by atoms with Gasteiger partial charge in [0.25, 0.3) is 0 Å². The van der Waals surface area contributed by atoms with E-state index >= 15 is 4.39 Å². The minimum Gasteiger partial charge on any atom is -0.443 e. The molecule has 0 aliphatic carbocycles. The SMILES string of the molecule is CC(C)(C)OC(=O)N(C(=O)OC(C)(C)C)c1nc(-c2ccn3c(-c4cccc(CC(=O)CCC(F)(F)F)c4)cnc3c2)ncc1F. The molecule has 0 saturated heterocycles. The lowest BCUT2D eigenvalue weighted by atomic mass is 10.0. The van der Waals surface area contributed by atoms with Crippen molar-refractivity contribution < 1.29 is 41.4 Å². The van der Waals surface area contributed by atoms with Crippen LogP contribution < -0.4 is 4.90 Å². The fraction of sp³-hybridized carbons (Fsp3) is 0.375. The second-order valence-corrected chi connectivity index (χ2v) is 12.5. The Balaban J connectivity index is 1.65. The third kappa shape index (κ3) is 8.86. The van der Waals surface area contributed by atoms with E-state index in [1.54, 1.807) is 94.7 Å². The van der Waals surface area contributed by atoms with Crippen molar-refractivity contribution in [3.8, 4) is 22.6 Å². The van der Waals surface area contributed by atoms with Crippen LogP contribution in [0.4, 0.5) is 33.0 Å². The first-order chi connectivity index (χ1) is 21.3. The van der Waals surface area contributed by atoms with Crippen LogP contribution in [0.15, 0.2) is 55.0 Å². The molecule has 0 aliphatic rings. The zero-order valence-electron chi connectivity index (χ0n) is 26.1. The second-order valence-electron chi connectivity index (χ2n) is 12.5. The molecule has 244 valence electrons. The molecular weight excluding hydrogens is 610 g/mol. The summed E-state index contributed by atoms with van der Waals surface area (Å²) in [5.74, 6) is -2.28. The molecule has 1 aromatic carbocycles. The number of imidazole rings is 1. The van der Waals surface area contributed by atoms with Crippen LogP contribution >= 0.6 is 0 Å². The van der Waals surface area contributed by atoms with E-state index in [2.05, 4.69) is 15.0 Å². The molecule has 10 nitrogen and oxygen atoms in total. The summed E-state index contributed by atoms with van der Waals surface area (Å²) in [4.78, 5) is 51.3. The van der Waals surface area contributed by atoms with Gasteiger partial charge in [-0.2, -0.15) is 18.1 Å². The molecule has 0 fully saturated rings. The van der Waals surface area contributed by atoms with E-state index in [0.29, 0.717) is 32.9 Å². The van der Waals surface area contributed by atoms with Crippen molar-refractivity contribution in [2.45, 2.75) is 78.2 Å². The van der Waals surface area contributed by atoms with Crippen molar-refractivity contribution in [1.82, 2.24) is 19.4 Å². The number of ether oxygens (including phenoxy) is 2. The lowest BCUT2D eigenvalue weighted by Gasteiger charge is -2.28. The van der Waals surface area contributed by atoms with Gasteiger partial charge in [-0.3, -0.25) is 9.20 Å². The van der Waals surface area contributed by atoms with Crippen molar-refractivity contribution in [2.75, 3.05) is 4.90 Å². The van der Waals surface area contributed by atoms with Crippen molar-refractivity contribution in [3.05, 3.63) is 66.4 Å². The summed E-state index contributed by atoms with van der Waals surface area (Å²) in [5, 5.41) is 0. The predicted molar refractivity (Wildman–Crippen MR) is 161 cm³/mol. The van der Waals surface area contributed by atoms with E-state index in [1.165, 1.54) is 0 Å². The smallest absolute Gasteiger partial charge is 0.425 e. The van der Waals surface area contributed by atoms with Gasteiger partial charge in [0.2, 0.25) is 0 Å². The first kappa shape index (κ1) is 34.0. The van der Waals surface area contributed by atoms with Gasteiger partial charge >= 0.3 is 18.4 Å². The zero-order valence-corrected chi connectivity index (χ0v) is 26.1. The number of alkyl halides is 3. The van der Waals surface area contributed by atoms with Crippen molar-refractivity contribution in [2.24, 2.45) is 0 Å². The van der Waals surface area contributed by atoms with Crippen molar-refractivity contribution in [1.29, 1.82) is 0 Å². The van der Waals surface area contributed by atoms with Crippen LogP contribution in [0.1, 0.15) is 59.9 Å². The Bertz CT molecular complexity index is 1750. The van der Waals surface area contributed by atoms with E-state index in [-0.39, 0.29) is 12.2 Å². The summed E-state index contributed by atoms with van der Waals surface area (Å²) in [7, 11) is 0. The van der Waals surface area contributed by atoms with Crippen LogP contribution in [0.3, 0.4) is 0 Å². The molecule has 14 heteroatoms. The lowest BCUT2D eigenvalue weighted by Crippen LogP contribution is -2.44. The van der Waals surface area contributed by atoms with E-state index in [4.69, 9.17) is 9.47 Å². The van der Waals surface area contributed by atoms with Crippen LogP contribution in [-0.2, 0) is 20.7 Å². The number of halogens is 4. The van der Waals surface area contributed by atoms with Gasteiger partial charge in [0.1, 0.15) is 22.6 Å². The molecule has 4 rings (SSSR count). The standard InChI is InChI=1S/C32H33F4N5O5/c1-30(2,3)45-28(43)41(29(44)46-31(4,5)6)27-23(33)17-38-26(39-27)21-11-13-40-24(18-37-25(40)16-21)20-9-7-8-19(14-20)15-22(42)10-12-32(34,35)36/h7-9,11,13-14,16-18H,10,12,15H2,1-6H3. The molecule has 0 aliphatic heterocycles. The largest absolute Gasteiger partial charge is 0.443 e. The minimum atomic E-state index is -4.40. The van der Waals surface area contributed by atoms with E-state index in [9.17, 15) is 27.6 Å². The summed E-state index contributed by atoms with van der Waals surface area (Å²) in [6.07, 6.45) is -4.63. The molecule has 3 aromatic heterocycles. The Morgan fingerprint density at radius 2 is 1.52 bits per heavy atom. The molecule has 4 aromatic rings. The summed E-state index contributed by atoms with van der Waals surface area (Å²) >= 11 is 0. The Morgan fingerprint density at radius 3 is 2.13 bits per heavy atom. The average molecular weight is 644 g/mol. The van der Waals surface area contributed by atoms with Crippen LogP contribution in [0.25, 0.3) is 28.3 Å². The maximum atomic E-state index is 15.1. The van der Waals surface area contributed by atoms with E-state index in [0.717, 1.165) is 6.20 Å². The highest BCUT2D eigenvalue weighted by molar-refractivity contribution is 6.09. The number of fused-ring (bicyclic) bond motifs is 1. The number of rotatable bonds is 7. The van der Waals surface area contributed by atoms with Crippen LogP contribution in [0.5, 0.6) is 0 Å². The van der Waals surface area contributed by atoms with Crippen molar-refractivity contribution in [3.63, 3.8) is 0 Å². The van der Waals surface area contributed by atoms with E-state index < -0.39 is 59.8 Å². The number of aromatic nitrogens is 4. The maximum absolute atomic E-state index is 15.1. The Kier molecular flexibility index (Phi) is 9.50. The van der Waals surface area contributed by atoms with Gasteiger partial charge < -0.3 is 9.47 Å². The van der Waals surface area contributed by atoms with Crippen LogP contribution in [-0.4, -0.2) is 54.7 Å². The zero-order chi connectivity index (χ0) is 34.0. The Hall–Kier alpha value is -4.88. The highest BCUT2D eigenvalue weighted by atomic mass is 19.4. The van der Waals surface area contributed by atoms with Gasteiger partial charge in [0.05, 0.1) is 24.5 Å². The Morgan fingerprint density at radius 1 is 0.870 bits per heavy atom. The molecule has 0 unspecified atom stereocenters. The van der Waals surface area contributed by atoms with Gasteiger partial charge in [-0.15, -0.1) is 0 Å². The lowest BCUT2D eigenvalue weighted by molar-refractivity contribution is -0.143. The number of Topliss-reactive ketones (excluding diaryl/α,β-unsaturated/α-hetero) is 1. The molecule has 46 heavy (non-hydrogen) atoms. The number of ketones is 1. The maximum Gasteiger partial charge on any atom is 0.425 e. The fourth-order valence-electron chi connectivity index (χ4n) is 4.29. The number of hydrogen-bond donors (Lipinski definition) is 0. The number of hydrogen-bond acceptors (Lipinski definition) is 8. The summed E-state index contributed by atoms with van der Waals surface area (Å²) < 4.78 is 65.0. The minimum absolute atomic E-state index is 0.0278. The number of anilines is 1. The van der Waals surface area contributed by atoms with E-state index in [1.807, 2.05) is 0 Å². The Labute approximate surface area is 262 Å². The molecule has 2 amide bonds. The third-order valence-corrected chi connectivity index (χ3v) is 6.17. The molecule has 3 heterocycles. The molecule has 0 radical (unpaired) electrons. The summed E-state index contributed by atoms with van der Waals surface area (Å²) in [5.41, 5.74) is 0.640. The van der Waals surface area contributed by atoms with Gasteiger partial charge in [0, 0.05) is 30.2 Å². The first-order valence-electron chi connectivity index (χ1n) is 14.2. The van der Waals surface area contributed by atoms with Gasteiger partial charge in [-0.25, -0.2) is 28.9 Å². The quantitative estimate of drug-likeness (QED) is 0.188. The topological polar surface area (TPSA) is 116 Å². The number of nitrogens with zero attached hydrogens (tertiary/aromatic N) is 5. The molecular formula is C32H33F4N5O5. The van der Waals surface area contributed by atoms with Gasteiger partial charge in [-0.05, 0) is 65.3 Å². The predicted octanol–water partition coefficient (Wildman–Crippen LogP) is 7.73. The summed E-state index contributed by atoms with van der Waals surface area (Å²) in [6.45, 7) is 9.51. The molecule has 0 bridgehead atoms. The van der Waals surface area contributed by atoms with Gasteiger partial charge in [0.15, 0.2) is 17.5 Å². The molecule has 0 saturated carbocycles. The number of pyridine rings is 1. The van der Waals surface area contributed by atoms with Crippen LogP contribution in [0, 0.1) is 5.82 Å². The average Bonchev–Trinajstić information content (AvgIpc) is 3.34. The summed E-state index contributed by atoms with van der Waals surface area (Å²) in [6, 6.07) is 10.1. The second kappa shape index (κ2) is 12.9. The highest BCUT2D eigenvalue weighted by Gasteiger charge is 2.36.